The van der Waals surface area contributed by atoms with Crippen LogP contribution < -0.4 is 9.47 Å². The molecule has 1 unspecified atom stereocenters. The molecule has 0 fully saturated rings. The Hall–Kier alpha value is -2.86. The molecule has 0 amide bonds. The van der Waals surface area contributed by atoms with Crippen LogP contribution in [0.15, 0.2) is 59.3 Å². The lowest BCUT2D eigenvalue weighted by Crippen LogP contribution is -2.25. The van der Waals surface area contributed by atoms with Crippen LogP contribution in [0.4, 0.5) is 0 Å². The van der Waals surface area contributed by atoms with Crippen molar-refractivity contribution in [2.45, 2.75) is 13.0 Å². The molecule has 0 bridgehead atoms. The van der Waals surface area contributed by atoms with E-state index < -0.39 is 6.10 Å². The second-order valence-corrected chi connectivity index (χ2v) is 5.36. The Labute approximate surface area is 139 Å². The monoisotopic (exact) mass is 326 g/mol. The molecule has 0 radical (unpaired) electrons. The van der Waals surface area contributed by atoms with E-state index in [1.54, 1.807) is 12.1 Å². The molecule has 1 N–H and O–H groups in total. The molecule has 2 aromatic carbocycles. The molecule has 0 saturated carbocycles. The summed E-state index contributed by atoms with van der Waals surface area (Å²) >= 11 is 0. The van der Waals surface area contributed by atoms with Crippen molar-refractivity contribution in [2.75, 3.05) is 13.2 Å². The van der Waals surface area contributed by atoms with Gasteiger partial charge in [-0.2, -0.15) is 0 Å². The number of benzene rings is 2. The summed E-state index contributed by atoms with van der Waals surface area (Å²) in [5.41, 5.74) is 1.97. The summed E-state index contributed by atoms with van der Waals surface area (Å²) in [6.45, 7) is 2.32. The van der Waals surface area contributed by atoms with Crippen molar-refractivity contribution >= 4 is 0 Å². The first kappa shape index (κ1) is 16.0. The average molecular weight is 326 g/mol. The molecule has 6 heteroatoms. The molecule has 0 saturated heterocycles. The van der Waals surface area contributed by atoms with Crippen LogP contribution in [0.5, 0.6) is 11.5 Å². The normalized spacial score (nSPS) is 11.9. The van der Waals surface area contributed by atoms with E-state index in [1.165, 1.54) is 6.39 Å². The van der Waals surface area contributed by atoms with Gasteiger partial charge in [0.05, 0.1) is 0 Å². The number of aryl methyl sites for hydroxylation is 1. The van der Waals surface area contributed by atoms with Gasteiger partial charge in [-0.15, -0.1) is 10.2 Å². The zero-order valence-electron chi connectivity index (χ0n) is 13.3. The van der Waals surface area contributed by atoms with Crippen LogP contribution in [-0.4, -0.2) is 34.6 Å². The standard InChI is InChI=1S/C18H18N2O4/c1-13-2-6-16(7-3-13)22-10-15(21)11-23-17-8-4-14(5-9-17)18-20-19-12-24-18/h2-9,12,15,21H,10-11H2,1H3. The van der Waals surface area contributed by atoms with Crippen molar-refractivity contribution in [3.63, 3.8) is 0 Å². The predicted octanol–water partition coefficient (Wildman–Crippen LogP) is 2.86. The summed E-state index contributed by atoms with van der Waals surface area (Å²) in [5, 5.41) is 17.4. The number of ether oxygens (including phenoxy) is 2. The maximum atomic E-state index is 9.95. The molecule has 0 aliphatic rings. The van der Waals surface area contributed by atoms with E-state index in [0.29, 0.717) is 11.6 Å². The summed E-state index contributed by atoms with van der Waals surface area (Å²) in [6.07, 6.45) is 0.561. The van der Waals surface area contributed by atoms with E-state index >= 15 is 0 Å². The van der Waals surface area contributed by atoms with Crippen LogP contribution in [0.3, 0.4) is 0 Å². The molecular weight excluding hydrogens is 308 g/mol. The first-order valence-electron chi connectivity index (χ1n) is 7.57. The van der Waals surface area contributed by atoms with E-state index in [1.807, 2.05) is 43.3 Å². The molecule has 124 valence electrons. The van der Waals surface area contributed by atoms with Crippen LogP contribution in [0.1, 0.15) is 5.56 Å². The topological polar surface area (TPSA) is 77.6 Å². The fourth-order valence-corrected chi connectivity index (χ4v) is 2.06. The van der Waals surface area contributed by atoms with E-state index in [0.717, 1.165) is 16.9 Å². The van der Waals surface area contributed by atoms with Crippen molar-refractivity contribution in [3.8, 4) is 23.0 Å². The molecule has 3 aromatic rings. The van der Waals surface area contributed by atoms with Gasteiger partial charge in [0, 0.05) is 5.56 Å². The largest absolute Gasteiger partial charge is 0.491 e. The molecule has 1 heterocycles. The third kappa shape index (κ3) is 4.33. The number of hydrogen-bond donors (Lipinski definition) is 1. The summed E-state index contributed by atoms with van der Waals surface area (Å²) in [6, 6.07) is 14.9. The van der Waals surface area contributed by atoms with Gasteiger partial charge in [-0.25, -0.2) is 0 Å². The quantitative estimate of drug-likeness (QED) is 0.719. The maximum Gasteiger partial charge on any atom is 0.247 e. The third-order valence-corrected chi connectivity index (χ3v) is 3.37. The molecule has 1 atom stereocenters. The van der Waals surface area contributed by atoms with E-state index in [4.69, 9.17) is 13.9 Å². The summed E-state index contributed by atoms with van der Waals surface area (Å²) < 4.78 is 16.2. The second kappa shape index (κ2) is 7.61. The van der Waals surface area contributed by atoms with Crippen LogP contribution >= 0.6 is 0 Å². The average Bonchev–Trinajstić information content (AvgIpc) is 3.14. The highest BCUT2D eigenvalue weighted by molar-refractivity contribution is 5.53. The summed E-state index contributed by atoms with van der Waals surface area (Å²) in [5.74, 6) is 1.82. The van der Waals surface area contributed by atoms with Crippen molar-refractivity contribution < 1.29 is 19.0 Å². The third-order valence-electron chi connectivity index (χ3n) is 3.37. The van der Waals surface area contributed by atoms with Crippen LogP contribution in [0.25, 0.3) is 11.5 Å². The minimum Gasteiger partial charge on any atom is -0.491 e. The van der Waals surface area contributed by atoms with Gasteiger partial charge in [0.25, 0.3) is 0 Å². The van der Waals surface area contributed by atoms with Gasteiger partial charge in [-0.1, -0.05) is 17.7 Å². The highest BCUT2D eigenvalue weighted by atomic mass is 16.5. The van der Waals surface area contributed by atoms with Gasteiger partial charge < -0.3 is 19.0 Å². The molecule has 0 aliphatic heterocycles. The number of hydrogen-bond acceptors (Lipinski definition) is 6. The van der Waals surface area contributed by atoms with Crippen molar-refractivity contribution in [3.05, 3.63) is 60.5 Å². The van der Waals surface area contributed by atoms with Gasteiger partial charge >= 0.3 is 0 Å². The van der Waals surface area contributed by atoms with Crippen LogP contribution in [0, 0.1) is 6.92 Å². The van der Waals surface area contributed by atoms with Crippen molar-refractivity contribution in [1.82, 2.24) is 10.2 Å². The fourth-order valence-electron chi connectivity index (χ4n) is 2.06. The molecule has 24 heavy (non-hydrogen) atoms. The number of aromatic nitrogens is 2. The Kier molecular flexibility index (Phi) is 5.08. The number of nitrogens with zero attached hydrogens (tertiary/aromatic N) is 2. The smallest absolute Gasteiger partial charge is 0.247 e. The predicted molar refractivity (Wildman–Crippen MR) is 87.9 cm³/mol. The minimum atomic E-state index is -0.720. The minimum absolute atomic E-state index is 0.145. The molecule has 0 spiro atoms. The number of rotatable bonds is 7. The highest BCUT2D eigenvalue weighted by Crippen LogP contribution is 2.20. The van der Waals surface area contributed by atoms with E-state index in [2.05, 4.69) is 10.2 Å². The molecular formula is C18H18N2O4. The van der Waals surface area contributed by atoms with Crippen LogP contribution in [0.2, 0.25) is 0 Å². The van der Waals surface area contributed by atoms with Crippen molar-refractivity contribution in [2.24, 2.45) is 0 Å². The van der Waals surface area contributed by atoms with Gasteiger partial charge in [-0.05, 0) is 43.3 Å². The maximum absolute atomic E-state index is 9.95. The Morgan fingerprint density at radius 3 is 2.08 bits per heavy atom. The highest BCUT2D eigenvalue weighted by Gasteiger charge is 2.08. The Morgan fingerprint density at radius 2 is 1.54 bits per heavy atom. The Balaban J connectivity index is 1.45. The summed E-state index contributed by atoms with van der Waals surface area (Å²) in [7, 11) is 0. The molecule has 1 aromatic heterocycles. The second-order valence-electron chi connectivity index (χ2n) is 5.36. The lowest BCUT2D eigenvalue weighted by molar-refractivity contribution is 0.0626. The first-order valence-corrected chi connectivity index (χ1v) is 7.57. The SMILES string of the molecule is Cc1ccc(OCC(O)COc2ccc(-c3nnco3)cc2)cc1. The lowest BCUT2D eigenvalue weighted by atomic mass is 10.2. The zero-order chi connectivity index (χ0) is 16.8. The molecule has 0 aliphatic carbocycles. The fraction of sp³-hybridized carbons (Fsp3) is 0.222. The molecule has 3 rings (SSSR count). The van der Waals surface area contributed by atoms with E-state index in [-0.39, 0.29) is 13.2 Å². The van der Waals surface area contributed by atoms with Gasteiger partial charge in [0.2, 0.25) is 12.3 Å². The number of aliphatic hydroxyl groups excluding tert-OH is 1. The van der Waals surface area contributed by atoms with E-state index in [9.17, 15) is 5.11 Å². The van der Waals surface area contributed by atoms with Gasteiger partial charge in [0.1, 0.15) is 30.8 Å². The zero-order valence-corrected chi connectivity index (χ0v) is 13.3. The Morgan fingerprint density at radius 1 is 0.958 bits per heavy atom. The van der Waals surface area contributed by atoms with Crippen molar-refractivity contribution in [1.29, 1.82) is 0 Å². The van der Waals surface area contributed by atoms with Crippen LogP contribution in [-0.2, 0) is 0 Å². The van der Waals surface area contributed by atoms with Gasteiger partial charge in [0.15, 0.2) is 0 Å². The first-order chi connectivity index (χ1) is 11.7. The Bertz CT molecular complexity index is 740. The summed E-state index contributed by atoms with van der Waals surface area (Å²) in [4.78, 5) is 0. The van der Waals surface area contributed by atoms with Gasteiger partial charge in [-0.3, -0.25) is 0 Å². The number of aliphatic hydroxyl groups is 1. The lowest BCUT2D eigenvalue weighted by Gasteiger charge is -2.14. The molecule has 6 nitrogen and oxygen atoms in total.